The molecule has 0 radical (unpaired) electrons. The standard InChI is InChI=1S/C16H13BrClN5OS/c17-11-3-7-13(8-4-11)20-14-15(24)23(19)16(22-21-14)25-9-10-1-5-12(18)6-2-10/h1-8H,9,19H2,(H,20,21). The zero-order valence-corrected chi connectivity index (χ0v) is 16.0. The summed E-state index contributed by atoms with van der Waals surface area (Å²) in [5.41, 5.74) is 1.31. The summed E-state index contributed by atoms with van der Waals surface area (Å²) >= 11 is 10.5. The van der Waals surface area contributed by atoms with Crippen LogP contribution in [0.15, 0.2) is 63.0 Å². The zero-order chi connectivity index (χ0) is 17.8. The first-order valence-corrected chi connectivity index (χ1v) is 9.33. The number of nitrogens with two attached hydrogens (primary N) is 1. The molecule has 0 atom stereocenters. The van der Waals surface area contributed by atoms with Gasteiger partial charge in [0.15, 0.2) is 0 Å². The molecule has 0 unspecified atom stereocenters. The second-order valence-electron chi connectivity index (χ2n) is 5.05. The molecule has 25 heavy (non-hydrogen) atoms. The minimum atomic E-state index is -0.448. The molecule has 1 heterocycles. The third-order valence-electron chi connectivity index (χ3n) is 3.25. The highest BCUT2D eigenvalue weighted by atomic mass is 79.9. The quantitative estimate of drug-likeness (QED) is 0.465. The molecule has 3 N–H and O–H groups in total. The lowest BCUT2D eigenvalue weighted by Gasteiger charge is -2.09. The smallest absolute Gasteiger partial charge is 0.315 e. The predicted molar refractivity (Wildman–Crippen MR) is 105 cm³/mol. The average molecular weight is 439 g/mol. The molecule has 9 heteroatoms. The van der Waals surface area contributed by atoms with Crippen molar-refractivity contribution in [1.29, 1.82) is 0 Å². The Morgan fingerprint density at radius 2 is 1.80 bits per heavy atom. The van der Waals surface area contributed by atoms with Gasteiger partial charge in [0.25, 0.3) is 0 Å². The van der Waals surface area contributed by atoms with Gasteiger partial charge in [0.1, 0.15) is 0 Å². The number of benzene rings is 2. The van der Waals surface area contributed by atoms with Gasteiger partial charge in [0.2, 0.25) is 11.0 Å². The van der Waals surface area contributed by atoms with Gasteiger partial charge in [-0.15, -0.1) is 10.2 Å². The van der Waals surface area contributed by atoms with E-state index in [4.69, 9.17) is 17.4 Å². The number of anilines is 2. The molecular weight excluding hydrogens is 426 g/mol. The number of rotatable bonds is 5. The van der Waals surface area contributed by atoms with E-state index >= 15 is 0 Å². The van der Waals surface area contributed by atoms with Crippen molar-refractivity contribution in [2.45, 2.75) is 10.9 Å². The molecule has 0 saturated carbocycles. The zero-order valence-electron chi connectivity index (χ0n) is 12.8. The summed E-state index contributed by atoms with van der Waals surface area (Å²) in [6.45, 7) is 0. The van der Waals surface area contributed by atoms with Crippen molar-refractivity contribution >= 4 is 50.8 Å². The van der Waals surface area contributed by atoms with Gasteiger partial charge in [-0.1, -0.05) is 51.4 Å². The summed E-state index contributed by atoms with van der Waals surface area (Å²) in [6, 6.07) is 14.8. The van der Waals surface area contributed by atoms with Crippen LogP contribution in [-0.2, 0) is 5.75 Å². The van der Waals surface area contributed by atoms with Crippen LogP contribution in [0, 0.1) is 0 Å². The lowest BCUT2D eigenvalue weighted by Crippen LogP contribution is -2.32. The molecule has 0 aliphatic heterocycles. The van der Waals surface area contributed by atoms with Crippen molar-refractivity contribution < 1.29 is 0 Å². The fourth-order valence-electron chi connectivity index (χ4n) is 1.96. The third-order valence-corrected chi connectivity index (χ3v) is 5.05. The summed E-state index contributed by atoms with van der Waals surface area (Å²) in [6.07, 6.45) is 0. The van der Waals surface area contributed by atoms with E-state index in [0.29, 0.717) is 15.9 Å². The van der Waals surface area contributed by atoms with Gasteiger partial charge in [0.05, 0.1) is 0 Å². The molecule has 0 spiro atoms. The van der Waals surface area contributed by atoms with Crippen LogP contribution in [0.2, 0.25) is 5.02 Å². The second-order valence-corrected chi connectivity index (χ2v) is 7.35. The lowest BCUT2D eigenvalue weighted by atomic mass is 10.2. The fourth-order valence-corrected chi connectivity index (χ4v) is 3.16. The Morgan fingerprint density at radius 1 is 1.12 bits per heavy atom. The molecule has 3 aromatic rings. The number of thioether (sulfide) groups is 1. The molecule has 1 aromatic heterocycles. The van der Waals surface area contributed by atoms with Crippen LogP contribution in [-0.4, -0.2) is 14.9 Å². The molecule has 0 aliphatic carbocycles. The number of halogens is 2. The van der Waals surface area contributed by atoms with E-state index in [2.05, 4.69) is 31.4 Å². The van der Waals surface area contributed by atoms with Crippen LogP contribution in [0.25, 0.3) is 0 Å². The second kappa shape index (κ2) is 7.90. The van der Waals surface area contributed by atoms with Gasteiger partial charge in [-0.3, -0.25) is 4.79 Å². The molecule has 3 rings (SSSR count). The monoisotopic (exact) mass is 437 g/mol. The maximum atomic E-state index is 12.3. The number of nitrogen functional groups attached to an aromatic ring is 1. The number of nitrogens with one attached hydrogen (secondary N) is 1. The van der Waals surface area contributed by atoms with E-state index in [1.807, 2.05) is 48.5 Å². The van der Waals surface area contributed by atoms with Crippen molar-refractivity contribution in [2.75, 3.05) is 11.2 Å². The molecular formula is C16H13BrClN5OS. The normalized spacial score (nSPS) is 10.6. The Labute approximate surface area is 161 Å². The summed E-state index contributed by atoms with van der Waals surface area (Å²) < 4.78 is 1.93. The Kier molecular flexibility index (Phi) is 5.62. The minimum Gasteiger partial charge on any atom is -0.334 e. The van der Waals surface area contributed by atoms with Crippen LogP contribution in [0.5, 0.6) is 0 Å². The maximum absolute atomic E-state index is 12.3. The van der Waals surface area contributed by atoms with E-state index in [-0.39, 0.29) is 5.82 Å². The van der Waals surface area contributed by atoms with Gasteiger partial charge >= 0.3 is 5.56 Å². The minimum absolute atomic E-state index is 0.0701. The van der Waals surface area contributed by atoms with Crippen LogP contribution in [0.1, 0.15) is 5.56 Å². The number of hydrogen-bond donors (Lipinski definition) is 2. The Hall–Kier alpha value is -2.03. The van der Waals surface area contributed by atoms with Crippen LogP contribution < -0.4 is 16.7 Å². The number of aromatic nitrogens is 3. The summed E-state index contributed by atoms with van der Waals surface area (Å²) in [5.74, 6) is 6.53. The van der Waals surface area contributed by atoms with Gasteiger partial charge in [-0.05, 0) is 42.0 Å². The van der Waals surface area contributed by atoms with Crippen LogP contribution in [0.4, 0.5) is 11.5 Å². The van der Waals surface area contributed by atoms with Gasteiger partial charge < -0.3 is 11.2 Å². The van der Waals surface area contributed by atoms with Gasteiger partial charge in [-0.25, -0.2) is 0 Å². The largest absolute Gasteiger partial charge is 0.334 e. The highest BCUT2D eigenvalue weighted by Gasteiger charge is 2.11. The molecule has 0 bridgehead atoms. The SMILES string of the molecule is Nn1c(SCc2ccc(Cl)cc2)nnc(Nc2ccc(Br)cc2)c1=O. The van der Waals surface area contributed by atoms with E-state index in [1.54, 1.807) is 0 Å². The third kappa shape index (κ3) is 4.53. The van der Waals surface area contributed by atoms with Gasteiger partial charge in [0, 0.05) is 20.9 Å². The molecule has 0 aliphatic rings. The topological polar surface area (TPSA) is 85.8 Å². The predicted octanol–water partition coefficient (Wildman–Crippen LogP) is 3.80. The van der Waals surface area contributed by atoms with Crippen LogP contribution >= 0.6 is 39.3 Å². The fraction of sp³-hybridized carbons (Fsp3) is 0.0625. The van der Waals surface area contributed by atoms with Crippen molar-refractivity contribution in [3.05, 3.63) is 73.9 Å². The molecule has 2 aromatic carbocycles. The van der Waals surface area contributed by atoms with E-state index in [0.717, 1.165) is 20.4 Å². The van der Waals surface area contributed by atoms with E-state index < -0.39 is 5.56 Å². The first-order valence-electron chi connectivity index (χ1n) is 7.17. The van der Waals surface area contributed by atoms with Crippen molar-refractivity contribution in [1.82, 2.24) is 14.9 Å². The highest BCUT2D eigenvalue weighted by molar-refractivity contribution is 9.10. The Morgan fingerprint density at radius 3 is 2.48 bits per heavy atom. The van der Waals surface area contributed by atoms with E-state index in [1.165, 1.54) is 11.8 Å². The molecule has 0 saturated heterocycles. The Balaban J connectivity index is 1.74. The molecule has 128 valence electrons. The molecule has 0 amide bonds. The van der Waals surface area contributed by atoms with Crippen LogP contribution in [0.3, 0.4) is 0 Å². The highest BCUT2D eigenvalue weighted by Crippen LogP contribution is 2.21. The van der Waals surface area contributed by atoms with Crippen molar-refractivity contribution in [3.63, 3.8) is 0 Å². The molecule has 0 fully saturated rings. The number of hydrogen-bond acceptors (Lipinski definition) is 6. The Bertz CT molecular complexity index is 931. The summed E-state index contributed by atoms with van der Waals surface area (Å²) in [7, 11) is 0. The number of nitrogens with zero attached hydrogens (tertiary/aromatic N) is 3. The molecule has 6 nitrogen and oxygen atoms in total. The van der Waals surface area contributed by atoms with Crippen molar-refractivity contribution in [3.8, 4) is 0 Å². The first kappa shape index (κ1) is 17.8. The summed E-state index contributed by atoms with van der Waals surface area (Å²) in [4.78, 5) is 12.3. The van der Waals surface area contributed by atoms with Gasteiger partial charge in [-0.2, -0.15) is 4.68 Å². The first-order chi connectivity index (χ1) is 12.0. The average Bonchev–Trinajstić information content (AvgIpc) is 2.61. The van der Waals surface area contributed by atoms with E-state index in [9.17, 15) is 4.79 Å². The lowest BCUT2D eigenvalue weighted by molar-refractivity contribution is 0.705. The van der Waals surface area contributed by atoms with Crippen molar-refractivity contribution in [2.24, 2.45) is 0 Å². The maximum Gasteiger partial charge on any atom is 0.315 e. The summed E-state index contributed by atoms with van der Waals surface area (Å²) in [5, 5.41) is 11.9.